The molecule has 4 aromatic heterocycles. The van der Waals surface area contributed by atoms with Crippen LogP contribution in [0.15, 0.2) is 158 Å². The molecule has 5 nitrogen and oxygen atoms in total. The summed E-state index contributed by atoms with van der Waals surface area (Å²) in [5.74, 6) is 1.18. The maximum absolute atomic E-state index is 6.53. The molecule has 238 valence electrons. The van der Waals surface area contributed by atoms with Gasteiger partial charge in [-0.1, -0.05) is 120 Å². The van der Waals surface area contributed by atoms with Crippen LogP contribution in [-0.2, 0) is 20.4 Å². The molecule has 0 aliphatic heterocycles. The molecule has 0 unspecified atom stereocenters. The molecule has 0 bridgehead atoms. The number of benzene rings is 6. The van der Waals surface area contributed by atoms with Gasteiger partial charge in [0.25, 0.3) is 0 Å². The first kappa shape index (κ1) is 30.0. The molecule has 0 amide bonds. The number of ether oxygens (including phenoxy) is 1. The predicted octanol–water partition coefficient (Wildman–Crippen LogP) is 10.9. The van der Waals surface area contributed by atoms with Crippen molar-refractivity contribution >= 4 is 49.3 Å². The standard InChI is InChI=1S/C44H26N4O.Pd/c1-3-13-29(14-4-1)41-42(30-15-5-2-6-16-30)48-40-23-10-7-19-35(40)34-25-24-33(28-38(34)44(48)46-41)49-32-18-11-17-31(27-32)47-39-22-9-8-20-36(39)37-21-12-26-45-43(37)47;/h1-26H;/q-2;+2. The summed E-state index contributed by atoms with van der Waals surface area (Å²) in [6.45, 7) is 0. The Balaban J connectivity index is 0.00000336. The van der Waals surface area contributed by atoms with Gasteiger partial charge in [-0.15, -0.1) is 30.3 Å². The molecule has 10 rings (SSSR count). The van der Waals surface area contributed by atoms with Gasteiger partial charge in [-0.3, -0.25) is 4.98 Å². The fourth-order valence-electron chi connectivity index (χ4n) is 7.10. The summed E-state index contributed by atoms with van der Waals surface area (Å²) in [7, 11) is 0. The van der Waals surface area contributed by atoms with Crippen molar-refractivity contribution in [1.82, 2.24) is 18.9 Å². The second kappa shape index (κ2) is 12.1. The van der Waals surface area contributed by atoms with Crippen LogP contribution in [0.5, 0.6) is 11.5 Å². The van der Waals surface area contributed by atoms with Gasteiger partial charge in [0.15, 0.2) is 0 Å². The molecule has 10 aromatic rings. The molecular weight excluding hydrogens is 707 g/mol. The molecule has 4 heterocycles. The van der Waals surface area contributed by atoms with E-state index in [4.69, 9.17) is 14.7 Å². The van der Waals surface area contributed by atoms with Crippen LogP contribution in [0, 0.1) is 12.1 Å². The first-order chi connectivity index (χ1) is 24.3. The van der Waals surface area contributed by atoms with Crippen LogP contribution in [-0.4, -0.2) is 18.9 Å². The van der Waals surface area contributed by atoms with E-state index in [2.05, 4.69) is 130 Å². The molecule has 0 spiro atoms. The zero-order chi connectivity index (χ0) is 32.3. The molecule has 50 heavy (non-hydrogen) atoms. The van der Waals surface area contributed by atoms with E-state index in [0.717, 1.165) is 77.5 Å². The number of imidazole rings is 1. The third-order valence-corrected chi connectivity index (χ3v) is 9.20. The number of para-hydroxylation sites is 2. The Morgan fingerprint density at radius 1 is 0.500 bits per heavy atom. The minimum Gasteiger partial charge on any atom is -0.503 e. The molecule has 0 atom stereocenters. The van der Waals surface area contributed by atoms with Crippen LogP contribution in [0.2, 0.25) is 0 Å². The van der Waals surface area contributed by atoms with E-state index in [1.807, 2.05) is 48.7 Å². The van der Waals surface area contributed by atoms with Gasteiger partial charge in [-0.25, -0.2) is 4.98 Å². The minimum absolute atomic E-state index is 0. The second-order valence-corrected chi connectivity index (χ2v) is 12.1. The SMILES string of the molecule is [Pd+2].[c-]1c(Oc2[c-]c3c(cc2)c2ccccc2n2c(-c4ccccc4)c(-c4ccccc4)nc32)cccc1-n1c2ccccc2c2cccnc21. The van der Waals surface area contributed by atoms with Gasteiger partial charge in [-0.2, -0.15) is 6.07 Å². The number of aromatic nitrogens is 4. The van der Waals surface area contributed by atoms with Gasteiger partial charge >= 0.3 is 20.4 Å². The molecule has 0 radical (unpaired) electrons. The van der Waals surface area contributed by atoms with Gasteiger partial charge in [0.2, 0.25) is 0 Å². The first-order valence-electron chi connectivity index (χ1n) is 16.3. The Kier molecular flexibility index (Phi) is 7.28. The fourth-order valence-corrected chi connectivity index (χ4v) is 7.10. The summed E-state index contributed by atoms with van der Waals surface area (Å²) in [6, 6.07) is 59.0. The summed E-state index contributed by atoms with van der Waals surface area (Å²) in [6.07, 6.45) is 1.83. The van der Waals surface area contributed by atoms with Gasteiger partial charge in [0.05, 0.1) is 22.6 Å². The molecule has 0 aliphatic carbocycles. The smallest absolute Gasteiger partial charge is 0.503 e. The molecule has 0 N–H and O–H groups in total. The maximum atomic E-state index is 6.53. The van der Waals surface area contributed by atoms with Crippen molar-refractivity contribution < 1.29 is 25.2 Å². The van der Waals surface area contributed by atoms with Crippen molar-refractivity contribution in [2.24, 2.45) is 0 Å². The number of rotatable bonds is 5. The van der Waals surface area contributed by atoms with E-state index in [1.165, 1.54) is 0 Å². The molecule has 6 heteroatoms. The largest absolute Gasteiger partial charge is 2.00 e. The summed E-state index contributed by atoms with van der Waals surface area (Å²) in [5.41, 5.74) is 8.82. The maximum Gasteiger partial charge on any atom is 2.00 e. The second-order valence-electron chi connectivity index (χ2n) is 12.1. The third kappa shape index (κ3) is 4.73. The van der Waals surface area contributed by atoms with Crippen LogP contribution >= 0.6 is 0 Å². The van der Waals surface area contributed by atoms with E-state index in [1.54, 1.807) is 0 Å². The topological polar surface area (TPSA) is 44.4 Å². The van der Waals surface area contributed by atoms with Crippen LogP contribution in [0.25, 0.3) is 77.5 Å². The van der Waals surface area contributed by atoms with Crippen LogP contribution in [0.4, 0.5) is 0 Å². The number of fused-ring (bicyclic) bond motifs is 9. The number of hydrogen-bond donors (Lipinski definition) is 0. The van der Waals surface area contributed by atoms with Crippen LogP contribution in [0.1, 0.15) is 0 Å². The third-order valence-electron chi connectivity index (χ3n) is 9.20. The summed E-state index contributed by atoms with van der Waals surface area (Å²) in [5, 5.41) is 5.32. The Morgan fingerprint density at radius 3 is 1.96 bits per heavy atom. The molecule has 0 saturated carbocycles. The Bertz CT molecular complexity index is 2810. The van der Waals surface area contributed by atoms with Crippen molar-refractivity contribution in [3.8, 4) is 39.7 Å². The van der Waals surface area contributed by atoms with E-state index in [0.29, 0.717) is 11.5 Å². The van der Waals surface area contributed by atoms with E-state index < -0.39 is 0 Å². The van der Waals surface area contributed by atoms with Gasteiger partial charge in [0.1, 0.15) is 5.65 Å². The summed E-state index contributed by atoms with van der Waals surface area (Å²) in [4.78, 5) is 10.1. The number of hydrogen-bond acceptors (Lipinski definition) is 3. The molecular formula is C44H26N4OPd. The Hall–Kier alpha value is -6.06. The van der Waals surface area contributed by atoms with Crippen molar-refractivity contribution in [2.75, 3.05) is 0 Å². The van der Waals surface area contributed by atoms with E-state index in [9.17, 15) is 0 Å². The quantitative estimate of drug-likeness (QED) is 0.101. The number of nitrogens with zero attached hydrogens (tertiary/aromatic N) is 4. The van der Waals surface area contributed by atoms with Crippen LogP contribution in [0.3, 0.4) is 0 Å². The predicted molar refractivity (Wildman–Crippen MR) is 197 cm³/mol. The first-order valence-corrected chi connectivity index (χ1v) is 16.3. The molecule has 0 saturated heterocycles. The molecule has 0 fully saturated rings. The van der Waals surface area contributed by atoms with Crippen molar-refractivity contribution in [1.29, 1.82) is 0 Å². The fraction of sp³-hybridized carbons (Fsp3) is 0. The average Bonchev–Trinajstić information content (AvgIpc) is 3.73. The summed E-state index contributed by atoms with van der Waals surface area (Å²) < 4.78 is 10.9. The Morgan fingerprint density at radius 2 is 1.16 bits per heavy atom. The minimum atomic E-state index is 0. The van der Waals surface area contributed by atoms with Crippen molar-refractivity contribution in [3.63, 3.8) is 0 Å². The molecule has 6 aromatic carbocycles. The van der Waals surface area contributed by atoms with E-state index >= 15 is 0 Å². The van der Waals surface area contributed by atoms with Crippen molar-refractivity contribution in [3.05, 3.63) is 170 Å². The van der Waals surface area contributed by atoms with Gasteiger partial charge < -0.3 is 13.7 Å². The summed E-state index contributed by atoms with van der Waals surface area (Å²) >= 11 is 0. The number of pyridine rings is 2. The van der Waals surface area contributed by atoms with Crippen molar-refractivity contribution in [2.45, 2.75) is 0 Å². The zero-order valence-corrected chi connectivity index (χ0v) is 28.1. The average molecular weight is 733 g/mol. The normalized spacial score (nSPS) is 11.4. The van der Waals surface area contributed by atoms with Gasteiger partial charge in [-0.05, 0) is 35.2 Å². The zero-order valence-electron chi connectivity index (χ0n) is 26.5. The monoisotopic (exact) mass is 732 g/mol. The molecule has 0 aliphatic rings. The van der Waals surface area contributed by atoms with Crippen LogP contribution < -0.4 is 4.74 Å². The van der Waals surface area contributed by atoms with E-state index in [-0.39, 0.29) is 20.4 Å². The van der Waals surface area contributed by atoms with Gasteiger partial charge in [0, 0.05) is 39.5 Å². The Labute approximate surface area is 301 Å².